The van der Waals surface area contributed by atoms with Gasteiger partial charge in [-0.25, -0.2) is 4.98 Å². The first kappa shape index (κ1) is 12.4. The third kappa shape index (κ3) is 2.60. The Kier molecular flexibility index (Phi) is 3.48. The quantitative estimate of drug-likeness (QED) is 0.817. The van der Waals surface area contributed by atoms with Crippen LogP contribution in [0.15, 0.2) is 36.4 Å². The van der Waals surface area contributed by atoms with E-state index >= 15 is 0 Å². The van der Waals surface area contributed by atoms with E-state index in [2.05, 4.69) is 10.3 Å². The first-order chi connectivity index (χ1) is 8.58. The van der Waals surface area contributed by atoms with E-state index in [-0.39, 0.29) is 11.6 Å². The van der Waals surface area contributed by atoms with Crippen molar-refractivity contribution in [3.05, 3.63) is 52.7 Å². The summed E-state index contributed by atoms with van der Waals surface area (Å²) < 4.78 is 0. The van der Waals surface area contributed by atoms with Crippen LogP contribution in [-0.2, 0) is 0 Å². The Balaban J connectivity index is 2.25. The van der Waals surface area contributed by atoms with Crippen molar-refractivity contribution in [2.24, 2.45) is 0 Å². The van der Waals surface area contributed by atoms with Crippen LogP contribution in [0.1, 0.15) is 16.1 Å². The number of nitrogens with zero attached hydrogens (tertiary/aromatic N) is 1. The predicted molar refractivity (Wildman–Crippen MR) is 72.8 cm³/mol. The smallest absolute Gasteiger partial charge is 0.258 e. The number of carbonyl (C=O) groups excluding carboxylic acids is 1. The molecule has 5 heteroatoms. The number of hydrogen-bond donors (Lipinski definition) is 2. The van der Waals surface area contributed by atoms with E-state index in [0.29, 0.717) is 16.4 Å². The lowest BCUT2D eigenvalue weighted by Gasteiger charge is -2.08. The Bertz CT molecular complexity index is 599. The van der Waals surface area contributed by atoms with Gasteiger partial charge in [-0.15, -0.1) is 0 Å². The Labute approximate surface area is 110 Å². The third-order valence-corrected chi connectivity index (χ3v) is 2.76. The lowest BCUT2D eigenvalue weighted by molar-refractivity contribution is 0.102. The molecule has 3 N–H and O–H groups in total. The summed E-state index contributed by atoms with van der Waals surface area (Å²) >= 11 is 5.87. The molecule has 0 unspecified atom stereocenters. The van der Waals surface area contributed by atoms with Crippen LogP contribution >= 0.6 is 11.6 Å². The van der Waals surface area contributed by atoms with E-state index in [1.54, 1.807) is 24.3 Å². The van der Waals surface area contributed by atoms with Crippen LogP contribution in [0.3, 0.4) is 0 Å². The second kappa shape index (κ2) is 5.06. The summed E-state index contributed by atoms with van der Waals surface area (Å²) in [7, 11) is 0. The maximum absolute atomic E-state index is 12.0. The molecule has 1 heterocycles. The molecule has 1 aromatic carbocycles. The third-order valence-electron chi connectivity index (χ3n) is 2.43. The van der Waals surface area contributed by atoms with Crippen LogP contribution in [0.25, 0.3) is 0 Å². The molecule has 4 nitrogen and oxygen atoms in total. The zero-order valence-electron chi connectivity index (χ0n) is 9.77. The van der Waals surface area contributed by atoms with Crippen LogP contribution in [0.5, 0.6) is 0 Å². The van der Waals surface area contributed by atoms with Crippen molar-refractivity contribution in [2.45, 2.75) is 6.92 Å². The van der Waals surface area contributed by atoms with Gasteiger partial charge in [0.05, 0.1) is 16.3 Å². The average molecular weight is 262 g/mol. The fourth-order valence-corrected chi connectivity index (χ4v) is 1.71. The SMILES string of the molecule is Cc1cccc(NC(=O)c2cccc(Cl)c2N)n1. The van der Waals surface area contributed by atoms with Gasteiger partial charge in [-0.2, -0.15) is 0 Å². The highest BCUT2D eigenvalue weighted by molar-refractivity contribution is 6.34. The van der Waals surface area contributed by atoms with Gasteiger partial charge in [0.2, 0.25) is 0 Å². The summed E-state index contributed by atoms with van der Waals surface area (Å²) in [5.74, 6) is 0.160. The first-order valence-corrected chi connectivity index (χ1v) is 5.74. The number of amides is 1. The largest absolute Gasteiger partial charge is 0.397 e. The van der Waals surface area contributed by atoms with Gasteiger partial charge in [0.25, 0.3) is 5.91 Å². The molecule has 0 aliphatic rings. The van der Waals surface area contributed by atoms with Crippen LogP contribution in [0, 0.1) is 6.92 Å². The number of hydrogen-bond acceptors (Lipinski definition) is 3. The fourth-order valence-electron chi connectivity index (χ4n) is 1.53. The topological polar surface area (TPSA) is 68.0 Å². The number of nitrogens with two attached hydrogens (primary N) is 1. The minimum absolute atomic E-state index is 0.268. The molecule has 0 bridgehead atoms. The number of anilines is 2. The molecule has 0 aliphatic carbocycles. The van der Waals surface area contributed by atoms with Gasteiger partial charge in [0, 0.05) is 5.69 Å². The van der Waals surface area contributed by atoms with E-state index in [9.17, 15) is 4.79 Å². The normalized spacial score (nSPS) is 10.1. The van der Waals surface area contributed by atoms with Crippen molar-refractivity contribution in [1.29, 1.82) is 0 Å². The van der Waals surface area contributed by atoms with E-state index < -0.39 is 0 Å². The van der Waals surface area contributed by atoms with Crippen LogP contribution in [0.4, 0.5) is 11.5 Å². The predicted octanol–water partition coefficient (Wildman–Crippen LogP) is 2.88. The highest BCUT2D eigenvalue weighted by Gasteiger charge is 2.12. The number of aromatic nitrogens is 1. The minimum atomic E-state index is -0.326. The monoisotopic (exact) mass is 261 g/mol. The number of nitrogen functional groups attached to an aromatic ring is 1. The van der Waals surface area contributed by atoms with E-state index in [1.165, 1.54) is 0 Å². The lowest BCUT2D eigenvalue weighted by atomic mass is 10.1. The standard InChI is InChI=1S/C13H12ClN3O/c1-8-4-2-7-11(16-8)17-13(18)9-5-3-6-10(14)12(9)15/h2-7H,15H2,1H3,(H,16,17,18). The molecular weight excluding hydrogens is 250 g/mol. The zero-order valence-corrected chi connectivity index (χ0v) is 10.5. The molecule has 0 aliphatic heterocycles. The second-order valence-electron chi connectivity index (χ2n) is 3.82. The second-order valence-corrected chi connectivity index (χ2v) is 4.23. The number of carbonyl (C=O) groups is 1. The molecule has 0 fully saturated rings. The molecule has 0 radical (unpaired) electrons. The summed E-state index contributed by atoms with van der Waals surface area (Å²) in [5, 5.41) is 3.04. The number of aryl methyl sites for hydroxylation is 1. The van der Waals surface area contributed by atoms with Crippen molar-refractivity contribution in [3.63, 3.8) is 0 Å². The van der Waals surface area contributed by atoms with Crippen molar-refractivity contribution >= 4 is 29.0 Å². The van der Waals surface area contributed by atoms with E-state index in [4.69, 9.17) is 17.3 Å². The van der Waals surface area contributed by atoms with Crippen LogP contribution in [0.2, 0.25) is 5.02 Å². The molecule has 1 amide bonds. The van der Waals surface area contributed by atoms with E-state index in [0.717, 1.165) is 5.69 Å². The Morgan fingerprint density at radius 2 is 2.00 bits per heavy atom. The Morgan fingerprint density at radius 1 is 1.28 bits per heavy atom. The zero-order chi connectivity index (χ0) is 13.1. The summed E-state index contributed by atoms with van der Waals surface area (Å²) in [5.41, 5.74) is 7.19. The molecular formula is C13H12ClN3O. The average Bonchev–Trinajstić information content (AvgIpc) is 2.32. The number of para-hydroxylation sites is 1. The van der Waals surface area contributed by atoms with Crippen LogP contribution in [-0.4, -0.2) is 10.9 Å². The maximum atomic E-state index is 12.0. The highest BCUT2D eigenvalue weighted by Crippen LogP contribution is 2.23. The molecule has 18 heavy (non-hydrogen) atoms. The molecule has 0 spiro atoms. The number of nitrogens with one attached hydrogen (secondary N) is 1. The molecule has 2 aromatic rings. The molecule has 0 saturated carbocycles. The maximum Gasteiger partial charge on any atom is 0.258 e. The van der Waals surface area contributed by atoms with Gasteiger partial charge in [-0.3, -0.25) is 4.79 Å². The van der Waals surface area contributed by atoms with Gasteiger partial charge >= 0.3 is 0 Å². The highest BCUT2D eigenvalue weighted by atomic mass is 35.5. The number of benzene rings is 1. The summed E-state index contributed by atoms with van der Waals surface area (Å²) in [6.07, 6.45) is 0. The number of pyridine rings is 1. The van der Waals surface area contributed by atoms with Crippen molar-refractivity contribution in [3.8, 4) is 0 Å². The lowest BCUT2D eigenvalue weighted by Crippen LogP contribution is -2.15. The summed E-state index contributed by atoms with van der Waals surface area (Å²) in [6, 6.07) is 10.3. The number of halogens is 1. The van der Waals surface area contributed by atoms with Gasteiger partial charge in [0.1, 0.15) is 5.82 Å². The van der Waals surface area contributed by atoms with E-state index in [1.807, 2.05) is 19.1 Å². The molecule has 0 saturated heterocycles. The Hall–Kier alpha value is -2.07. The summed E-state index contributed by atoms with van der Waals surface area (Å²) in [6.45, 7) is 1.85. The summed E-state index contributed by atoms with van der Waals surface area (Å²) in [4.78, 5) is 16.2. The number of rotatable bonds is 2. The van der Waals surface area contributed by atoms with Gasteiger partial charge in [0.15, 0.2) is 0 Å². The fraction of sp³-hybridized carbons (Fsp3) is 0.0769. The van der Waals surface area contributed by atoms with Crippen molar-refractivity contribution < 1.29 is 4.79 Å². The minimum Gasteiger partial charge on any atom is -0.397 e. The van der Waals surface area contributed by atoms with Crippen LogP contribution < -0.4 is 11.1 Å². The Morgan fingerprint density at radius 3 is 2.72 bits per heavy atom. The van der Waals surface area contributed by atoms with Crippen molar-refractivity contribution in [1.82, 2.24) is 4.98 Å². The molecule has 2 rings (SSSR count). The van der Waals surface area contributed by atoms with Crippen molar-refractivity contribution in [2.75, 3.05) is 11.1 Å². The molecule has 92 valence electrons. The molecule has 1 aromatic heterocycles. The van der Waals surface area contributed by atoms with Gasteiger partial charge in [-0.05, 0) is 31.2 Å². The first-order valence-electron chi connectivity index (χ1n) is 5.37. The van der Waals surface area contributed by atoms with Gasteiger partial charge in [-0.1, -0.05) is 23.7 Å². The molecule has 0 atom stereocenters. The van der Waals surface area contributed by atoms with Gasteiger partial charge < -0.3 is 11.1 Å².